The molecular formula is C21H36N4O3. The van der Waals surface area contributed by atoms with Gasteiger partial charge in [-0.05, 0) is 52.9 Å². The molecule has 1 fully saturated rings. The highest BCUT2D eigenvalue weighted by atomic mass is 16.5. The Labute approximate surface area is 169 Å². The summed E-state index contributed by atoms with van der Waals surface area (Å²) in [5.41, 5.74) is 0.0557. The molecule has 0 spiro atoms. The van der Waals surface area contributed by atoms with Gasteiger partial charge in [-0.2, -0.15) is 0 Å². The summed E-state index contributed by atoms with van der Waals surface area (Å²) in [6.07, 6.45) is 1.96. The molecule has 2 rings (SSSR count). The van der Waals surface area contributed by atoms with Crippen LogP contribution in [0.25, 0.3) is 0 Å². The molecule has 7 heteroatoms. The SMILES string of the molecule is CCNC(=NCC1(N(C)C)CCOCC1)NCC(C)Oc1ccccc1OC. The van der Waals surface area contributed by atoms with E-state index in [-0.39, 0.29) is 11.6 Å². The van der Waals surface area contributed by atoms with Crippen LogP contribution < -0.4 is 20.1 Å². The van der Waals surface area contributed by atoms with Crippen molar-refractivity contribution in [1.82, 2.24) is 15.5 Å². The first-order chi connectivity index (χ1) is 13.5. The quantitative estimate of drug-likeness (QED) is 0.496. The van der Waals surface area contributed by atoms with E-state index < -0.39 is 0 Å². The first-order valence-corrected chi connectivity index (χ1v) is 10.1. The van der Waals surface area contributed by atoms with Crippen LogP contribution in [0.4, 0.5) is 0 Å². The zero-order valence-corrected chi connectivity index (χ0v) is 18.0. The van der Waals surface area contributed by atoms with Crippen LogP contribution in [0.3, 0.4) is 0 Å². The number of ether oxygens (including phenoxy) is 3. The second kappa shape index (κ2) is 11.1. The maximum atomic E-state index is 6.02. The fourth-order valence-electron chi connectivity index (χ4n) is 3.28. The fraction of sp³-hybridized carbons (Fsp3) is 0.667. The number of hydrogen-bond donors (Lipinski definition) is 2. The van der Waals surface area contributed by atoms with Gasteiger partial charge in [0.15, 0.2) is 17.5 Å². The Morgan fingerprint density at radius 1 is 1.21 bits per heavy atom. The van der Waals surface area contributed by atoms with E-state index in [1.165, 1.54) is 0 Å². The minimum absolute atomic E-state index is 0.0361. The van der Waals surface area contributed by atoms with Crippen molar-refractivity contribution in [2.24, 2.45) is 4.99 Å². The van der Waals surface area contributed by atoms with Crippen LogP contribution in [0.2, 0.25) is 0 Å². The molecule has 0 aliphatic carbocycles. The third kappa shape index (κ3) is 6.27. The molecule has 28 heavy (non-hydrogen) atoms. The van der Waals surface area contributed by atoms with Crippen LogP contribution in [0, 0.1) is 0 Å². The van der Waals surface area contributed by atoms with Crippen LogP contribution >= 0.6 is 0 Å². The second-order valence-electron chi connectivity index (χ2n) is 7.39. The fourth-order valence-corrected chi connectivity index (χ4v) is 3.28. The molecule has 7 nitrogen and oxygen atoms in total. The predicted octanol–water partition coefficient (Wildman–Crippen LogP) is 2.13. The van der Waals surface area contributed by atoms with Crippen molar-refractivity contribution in [1.29, 1.82) is 0 Å². The van der Waals surface area contributed by atoms with Gasteiger partial charge in [-0.15, -0.1) is 0 Å². The summed E-state index contributed by atoms with van der Waals surface area (Å²) >= 11 is 0. The standard InChI is InChI=1S/C21H36N4O3/c1-6-22-20(24-16-21(25(3)4)11-13-27-14-12-21)23-15-17(2)28-19-10-8-7-9-18(19)26-5/h7-10,17H,6,11-16H2,1-5H3,(H2,22,23,24). The Kier molecular flexibility index (Phi) is 8.86. The van der Waals surface area contributed by atoms with Gasteiger partial charge in [-0.3, -0.25) is 4.99 Å². The van der Waals surface area contributed by atoms with Crippen LogP contribution in [0.5, 0.6) is 11.5 Å². The molecule has 1 unspecified atom stereocenters. The van der Waals surface area contributed by atoms with Crippen molar-refractivity contribution >= 4 is 5.96 Å². The topological polar surface area (TPSA) is 67.4 Å². The summed E-state index contributed by atoms with van der Waals surface area (Å²) in [4.78, 5) is 7.15. The van der Waals surface area contributed by atoms with E-state index in [9.17, 15) is 0 Å². The van der Waals surface area contributed by atoms with E-state index in [0.29, 0.717) is 6.54 Å². The molecule has 1 saturated heterocycles. The van der Waals surface area contributed by atoms with E-state index in [1.54, 1.807) is 7.11 Å². The molecule has 1 aromatic carbocycles. The summed E-state index contributed by atoms with van der Waals surface area (Å²) in [5, 5.41) is 6.73. The number of para-hydroxylation sites is 2. The first kappa shape index (κ1) is 22.3. The lowest BCUT2D eigenvalue weighted by molar-refractivity contribution is -0.00255. The highest BCUT2D eigenvalue weighted by Crippen LogP contribution is 2.27. The van der Waals surface area contributed by atoms with Crippen molar-refractivity contribution in [2.45, 2.75) is 38.3 Å². The number of rotatable bonds is 9. The molecule has 1 atom stereocenters. The third-order valence-corrected chi connectivity index (χ3v) is 5.20. The van der Waals surface area contributed by atoms with E-state index in [1.807, 2.05) is 31.2 Å². The van der Waals surface area contributed by atoms with Gasteiger partial charge in [0.25, 0.3) is 0 Å². The Bertz CT molecular complexity index is 615. The minimum Gasteiger partial charge on any atom is -0.493 e. The molecule has 1 aliphatic rings. The van der Waals surface area contributed by atoms with Gasteiger partial charge < -0.3 is 29.7 Å². The van der Waals surface area contributed by atoms with Gasteiger partial charge in [-0.1, -0.05) is 12.1 Å². The van der Waals surface area contributed by atoms with E-state index in [2.05, 4.69) is 36.6 Å². The van der Waals surface area contributed by atoms with Gasteiger partial charge in [0.2, 0.25) is 0 Å². The highest BCUT2D eigenvalue weighted by molar-refractivity contribution is 5.79. The molecular weight excluding hydrogens is 356 g/mol. The number of nitrogens with zero attached hydrogens (tertiary/aromatic N) is 2. The Balaban J connectivity index is 1.94. The van der Waals surface area contributed by atoms with Gasteiger partial charge in [0, 0.05) is 25.3 Å². The summed E-state index contributed by atoms with van der Waals surface area (Å²) < 4.78 is 16.9. The number of guanidine groups is 1. The van der Waals surface area contributed by atoms with Crippen LogP contribution in [0.1, 0.15) is 26.7 Å². The lowest BCUT2D eigenvalue weighted by Gasteiger charge is -2.41. The monoisotopic (exact) mass is 392 g/mol. The maximum absolute atomic E-state index is 6.02. The van der Waals surface area contributed by atoms with E-state index in [0.717, 1.165) is 56.6 Å². The van der Waals surface area contributed by atoms with E-state index in [4.69, 9.17) is 19.2 Å². The molecule has 1 aromatic rings. The summed E-state index contributed by atoms with van der Waals surface area (Å²) in [6.45, 7) is 7.88. The number of nitrogens with one attached hydrogen (secondary N) is 2. The Morgan fingerprint density at radius 2 is 1.89 bits per heavy atom. The van der Waals surface area contributed by atoms with E-state index >= 15 is 0 Å². The number of methoxy groups -OCH3 is 1. The average molecular weight is 393 g/mol. The number of hydrogen-bond acceptors (Lipinski definition) is 5. The third-order valence-electron chi connectivity index (χ3n) is 5.20. The number of likely N-dealkylation sites (N-methyl/N-ethyl adjacent to an activating group) is 1. The largest absolute Gasteiger partial charge is 0.493 e. The maximum Gasteiger partial charge on any atom is 0.191 e. The average Bonchev–Trinajstić information content (AvgIpc) is 2.71. The number of benzene rings is 1. The van der Waals surface area contributed by atoms with Gasteiger partial charge in [-0.25, -0.2) is 0 Å². The molecule has 0 saturated carbocycles. The smallest absolute Gasteiger partial charge is 0.191 e. The Morgan fingerprint density at radius 3 is 2.50 bits per heavy atom. The predicted molar refractivity (Wildman–Crippen MR) is 114 cm³/mol. The molecule has 0 radical (unpaired) electrons. The first-order valence-electron chi connectivity index (χ1n) is 10.1. The van der Waals surface area contributed by atoms with Crippen LogP contribution in [0.15, 0.2) is 29.3 Å². The van der Waals surface area contributed by atoms with Crippen LogP contribution in [-0.2, 0) is 4.74 Å². The van der Waals surface area contributed by atoms with Crippen molar-refractivity contribution in [3.8, 4) is 11.5 Å². The van der Waals surface area contributed by atoms with Crippen molar-refractivity contribution in [3.63, 3.8) is 0 Å². The number of aliphatic imine (C=N–C) groups is 1. The van der Waals surface area contributed by atoms with Gasteiger partial charge in [0.05, 0.1) is 20.2 Å². The van der Waals surface area contributed by atoms with Crippen molar-refractivity contribution < 1.29 is 14.2 Å². The molecule has 158 valence electrons. The molecule has 2 N–H and O–H groups in total. The Hall–Kier alpha value is -1.99. The zero-order valence-electron chi connectivity index (χ0n) is 18.0. The summed E-state index contributed by atoms with van der Waals surface area (Å²) in [7, 11) is 5.91. The van der Waals surface area contributed by atoms with Crippen LogP contribution in [-0.4, -0.2) is 76.6 Å². The molecule has 1 aliphatic heterocycles. The highest BCUT2D eigenvalue weighted by Gasteiger charge is 2.34. The lowest BCUT2D eigenvalue weighted by atomic mass is 9.89. The summed E-state index contributed by atoms with van der Waals surface area (Å²) in [5.74, 6) is 2.29. The normalized spacial score (nSPS) is 17.9. The van der Waals surface area contributed by atoms with Gasteiger partial charge in [0.1, 0.15) is 6.10 Å². The molecule has 0 bridgehead atoms. The summed E-state index contributed by atoms with van der Waals surface area (Å²) in [6, 6.07) is 7.69. The lowest BCUT2D eigenvalue weighted by Crippen LogP contribution is -2.52. The molecule has 1 heterocycles. The van der Waals surface area contributed by atoms with Crippen molar-refractivity contribution in [3.05, 3.63) is 24.3 Å². The minimum atomic E-state index is -0.0361. The van der Waals surface area contributed by atoms with Gasteiger partial charge >= 0.3 is 0 Å². The molecule has 0 aromatic heterocycles. The zero-order chi connectivity index (χ0) is 20.4. The molecule has 0 amide bonds. The van der Waals surface area contributed by atoms with Crippen molar-refractivity contribution in [2.75, 3.05) is 54.1 Å². The second-order valence-corrected chi connectivity index (χ2v) is 7.39.